The van der Waals surface area contributed by atoms with Crippen LogP contribution in [-0.4, -0.2) is 36.7 Å². The van der Waals surface area contributed by atoms with Crippen LogP contribution in [0.4, 0.5) is 0 Å². The molecule has 0 aromatic heterocycles. The molecule has 0 saturated heterocycles. The molecule has 0 radical (unpaired) electrons. The van der Waals surface area contributed by atoms with Crippen molar-refractivity contribution in [3.8, 4) is 17.2 Å². The highest BCUT2D eigenvalue weighted by Gasteiger charge is 2.17. The summed E-state index contributed by atoms with van der Waals surface area (Å²) in [6.07, 6.45) is 2.45. The molecule has 2 aromatic rings. The van der Waals surface area contributed by atoms with Crippen LogP contribution in [0.1, 0.15) is 82.3 Å². The maximum atomic E-state index is 13.4. The van der Waals surface area contributed by atoms with E-state index in [-0.39, 0.29) is 12.2 Å². The molecule has 0 heterocycles. The molecular formula is C30H42O6. The number of carboxylic acid groups (broad SMARTS) is 1. The normalized spacial score (nSPS) is 11.2. The minimum absolute atomic E-state index is 0.210. The molecule has 0 amide bonds. The van der Waals surface area contributed by atoms with Gasteiger partial charge in [0, 0.05) is 16.7 Å². The quantitative estimate of drug-likeness (QED) is 0.256. The predicted octanol–water partition coefficient (Wildman–Crippen LogP) is 6.82. The van der Waals surface area contributed by atoms with Crippen LogP contribution in [0.5, 0.6) is 17.2 Å². The number of benzene rings is 2. The molecule has 0 spiro atoms. The van der Waals surface area contributed by atoms with Gasteiger partial charge < -0.3 is 19.3 Å². The number of carbonyl (C=O) groups is 2. The molecule has 0 bridgehead atoms. The van der Waals surface area contributed by atoms with Gasteiger partial charge in [0.1, 0.15) is 5.75 Å². The second-order valence-corrected chi connectivity index (χ2v) is 10.5. The Hall–Kier alpha value is -3.02. The highest BCUT2D eigenvalue weighted by Crippen LogP contribution is 2.31. The minimum atomic E-state index is -0.975. The Balaban J connectivity index is 2.29. The van der Waals surface area contributed by atoms with Crippen LogP contribution in [0.2, 0.25) is 0 Å². The van der Waals surface area contributed by atoms with Gasteiger partial charge in [-0.15, -0.1) is 0 Å². The molecule has 2 aromatic carbocycles. The van der Waals surface area contributed by atoms with Gasteiger partial charge in [-0.1, -0.05) is 41.5 Å². The van der Waals surface area contributed by atoms with Crippen LogP contribution >= 0.6 is 0 Å². The van der Waals surface area contributed by atoms with E-state index in [0.29, 0.717) is 71.5 Å². The first kappa shape index (κ1) is 29.2. The average Bonchev–Trinajstić information content (AvgIpc) is 2.79. The zero-order chi connectivity index (χ0) is 26.7. The summed E-state index contributed by atoms with van der Waals surface area (Å²) in [5.41, 5.74) is 1.35. The molecular weight excluding hydrogens is 456 g/mol. The first-order chi connectivity index (χ1) is 17.1. The van der Waals surface area contributed by atoms with E-state index in [1.807, 2.05) is 0 Å². The van der Waals surface area contributed by atoms with Crippen molar-refractivity contribution < 1.29 is 28.9 Å². The molecule has 0 aliphatic rings. The van der Waals surface area contributed by atoms with Crippen LogP contribution in [-0.2, 0) is 11.2 Å². The lowest BCUT2D eigenvalue weighted by Crippen LogP contribution is -2.10. The zero-order valence-corrected chi connectivity index (χ0v) is 22.6. The molecule has 1 N–H and O–H groups in total. The largest absolute Gasteiger partial charge is 0.493 e. The Morgan fingerprint density at radius 3 is 1.61 bits per heavy atom. The third-order valence-corrected chi connectivity index (χ3v) is 5.73. The lowest BCUT2D eigenvalue weighted by atomic mass is 9.99. The van der Waals surface area contributed by atoms with Crippen molar-refractivity contribution in [3.63, 3.8) is 0 Å². The summed E-state index contributed by atoms with van der Waals surface area (Å²) < 4.78 is 17.8. The SMILES string of the molecule is CC(C)CCOc1ccc(C(=O)c2ccc(OCCC(C)C)c(OCCC(C)C)c2)cc1CC(=O)O. The van der Waals surface area contributed by atoms with Crippen molar-refractivity contribution in [3.05, 3.63) is 53.1 Å². The average molecular weight is 499 g/mol. The molecule has 0 unspecified atom stereocenters. The van der Waals surface area contributed by atoms with Crippen molar-refractivity contribution >= 4 is 11.8 Å². The number of hydrogen-bond donors (Lipinski definition) is 1. The first-order valence-corrected chi connectivity index (χ1v) is 13.0. The third-order valence-electron chi connectivity index (χ3n) is 5.73. The van der Waals surface area contributed by atoms with E-state index in [1.165, 1.54) is 0 Å². The van der Waals surface area contributed by atoms with Crippen LogP contribution in [0.15, 0.2) is 36.4 Å². The van der Waals surface area contributed by atoms with Gasteiger partial charge in [-0.3, -0.25) is 9.59 Å². The zero-order valence-electron chi connectivity index (χ0n) is 22.6. The summed E-state index contributed by atoms with van der Waals surface area (Å²) in [6.45, 7) is 14.4. The van der Waals surface area contributed by atoms with Crippen molar-refractivity contribution in [1.82, 2.24) is 0 Å². The lowest BCUT2D eigenvalue weighted by molar-refractivity contribution is -0.136. The number of ketones is 1. The van der Waals surface area contributed by atoms with E-state index >= 15 is 0 Å². The molecule has 36 heavy (non-hydrogen) atoms. The van der Waals surface area contributed by atoms with Gasteiger partial charge in [0.05, 0.1) is 26.2 Å². The van der Waals surface area contributed by atoms with Crippen molar-refractivity contribution in [1.29, 1.82) is 0 Å². The maximum absolute atomic E-state index is 13.4. The molecule has 2 rings (SSSR count). The van der Waals surface area contributed by atoms with Crippen molar-refractivity contribution in [2.75, 3.05) is 19.8 Å². The Kier molecular flexibility index (Phi) is 11.8. The van der Waals surface area contributed by atoms with Crippen molar-refractivity contribution in [2.45, 2.75) is 67.2 Å². The lowest BCUT2D eigenvalue weighted by Gasteiger charge is -2.16. The summed E-state index contributed by atoms with van der Waals surface area (Å²) in [5.74, 6) is 1.97. The number of rotatable bonds is 16. The van der Waals surface area contributed by atoms with E-state index in [9.17, 15) is 14.7 Å². The van der Waals surface area contributed by atoms with Crippen molar-refractivity contribution in [2.24, 2.45) is 17.8 Å². The molecule has 0 atom stereocenters. The fourth-order valence-electron chi connectivity index (χ4n) is 3.42. The topological polar surface area (TPSA) is 82.1 Å². The van der Waals surface area contributed by atoms with Gasteiger partial charge in [0.2, 0.25) is 0 Å². The van der Waals surface area contributed by atoms with Gasteiger partial charge in [0.25, 0.3) is 0 Å². The Morgan fingerprint density at radius 1 is 0.667 bits per heavy atom. The predicted molar refractivity (Wildman–Crippen MR) is 143 cm³/mol. The van der Waals surface area contributed by atoms with E-state index in [1.54, 1.807) is 36.4 Å². The first-order valence-electron chi connectivity index (χ1n) is 13.0. The van der Waals surface area contributed by atoms with Crippen LogP contribution in [0, 0.1) is 17.8 Å². The highest BCUT2D eigenvalue weighted by molar-refractivity contribution is 6.09. The second-order valence-electron chi connectivity index (χ2n) is 10.5. The standard InChI is InChI=1S/C30H42O6/c1-20(2)11-14-34-26-9-7-23(17-25(26)19-29(31)32)30(33)24-8-10-27(35-15-12-21(3)4)28(18-24)36-16-13-22(5)6/h7-10,17-18,20-22H,11-16,19H2,1-6H3,(H,31,32). The van der Waals surface area contributed by atoms with E-state index in [4.69, 9.17) is 14.2 Å². The monoisotopic (exact) mass is 498 g/mol. The molecule has 0 aliphatic carbocycles. The van der Waals surface area contributed by atoms with Crippen LogP contribution in [0.3, 0.4) is 0 Å². The Morgan fingerprint density at radius 2 is 1.11 bits per heavy atom. The summed E-state index contributed by atoms with van der Waals surface area (Å²) in [7, 11) is 0. The fraction of sp³-hybridized carbons (Fsp3) is 0.533. The number of aliphatic carboxylic acids is 1. The number of ether oxygens (including phenoxy) is 3. The molecule has 6 nitrogen and oxygen atoms in total. The number of hydrogen-bond acceptors (Lipinski definition) is 5. The van der Waals surface area contributed by atoms with Crippen LogP contribution in [0.25, 0.3) is 0 Å². The smallest absolute Gasteiger partial charge is 0.307 e. The van der Waals surface area contributed by atoms with Gasteiger partial charge in [-0.2, -0.15) is 0 Å². The Labute approximate surface area is 216 Å². The van der Waals surface area contributed by atoms with Gasteiger partial charge in [0.15, 0.2) is 17.3 Å². The van der Waals surface area contributed by atoms with E-state index in [2.05, 4.69) is 41.5 Å². The minimum Gasteiger partial charge on any atom is -0.493 e. The summed E-state index contributed by atoms with van der Waals surface area (Å²) in [5, 5.41) is 9.37. The summed E-state index contributed by atoms with van der Waals surface area (Å²) in [6, 6.07) is 10.2. The maximum Gasteiger partial charge on any atom is 0.307 e. The van der Waals surface area contributed by atoms with E-state index in [0.717, 1.165) is 19.3 Å². The van der Waals surface area contributed by atoms with E-state index < -0.39 is 5.97 Å². The molecule has 6 heteroatoms. The summed E-state index contributed by atoms with van der Waals surface area (Å²) >= 11 is 0. The number of carboxylic acids is 1. The van der Waals surface area contributed by atoms with Crippen LogP contribution < -0.4 is 14.2 Å². The molecule has 0 aliphatic heterocycles. The molecule has 198 valence electrons. The Bertz CT molecular complexity index is 993. The summed E-state index contributed by atoms with van der Waals surface area (Å²) in [4.78, 5) is 24.8. The molecule has 0 fully saturated rings. The van der Waals surface area contributed by atoms with Gasteiger partial charge >= 0.3 is 5.97 Å². The number of carbonyl (C=O) groups excluding carboxylic acids is 1. The fourth-order valence-corrected chi connectivity index (χ4v) is 3.42. The highest BCUT2D eigenvalue weighted by atomic mass is 16.5. The molecule has 0 saturated carbocycles. The van der Waals surface area contributed by atoms with Gasteiger partial charge in [-0.25, -0.2) is 0 Å². The second kappa shape index (κ2) is 14.5. The third kappa shape index (κ3) is 9.92. The van der Waals surface area contributed by atoms with Gasteiger partial charge in [-0.05, 0) is 73.4 Å².